The summed E-state index contributed by atoms with van der Waals surface area (Å²) < 4.78 is 13.6. The zero-order valence-electron chi connectivity index (χ0n) is 15.9. The van der Waals surface area contributed by atoms with E-state index in [1.165, 1.54) is 12.5 Å². The summed E-state index contributed by atoms with van der Waals surface area (Å²) in [5.41, 5.74) is 0.424. The van der Waals surface area contributed by atoms with Crippen molar-refractivity contribution in [1.82, 2.24) is 9.80 Å². The first-order valence-corrected chi connectivity index (χ1v) is 9.22. The maximum absolute atomic E-state index is 13.6. The molecule has 25 heavy (non-hydrogen) atoms. The molecule has 1 aromatic carbocycles. The molecular formula is C20H31FN2O2. The van der Waals surface area contributed by atoms with Gasteiger partial charge < -0.3 is 9.80 Å². The molecule has 1 unspecified atom stereocenters. The summed E-state index contributed by atoms with van der Waals surface area (Å²) in [6.07, 6.45) is 3.02. The molecule has 0 N–H and O–H groups in total. The van der Waals surface area contributed by atoms with Gasteiger partial charge in [0.1, 0.15) is 5.82 Å². The van der Waals surface area contributed by atoms with Crippen LogP contribution >= 0.6 is 0 Å². The summed E-state index contributed by atoms with van der Waals surface area (Å²) in [4.78, 5) is 27.6. The van der Waals surface area contributed by atoms with Crippen LogP contribution in [0, 0.1) is 5.82 Å². The van der Waals surface area contributed by atoms with E-state index in [1.54, 1.807) is 30.0 Å². The number of hydrogen-bond acceptors (Lipinski definition) is 2. The monoisotopic (exact) mass is 350 g/mol. The topological polar surface area (TPSA) is 40.6 Å². The fourth-order valence-corrected chi connectivity index (χ4v) is 2.98. The van der Waals surface area contributed by atoms with Gasteiger partial charge in [-0.3, -0.25) is 9.59 Å². The molecule has 2 rings (SSSR count). The largest absolute Gasteiger partial charge is 0.340 e. The van der Waals surface area contributed by atoms with Crippen molar-refractivity contribution in [1.29, 1.82) is 0 Å². The smallest absolute Gasteiger partial charge is 0.227 e. The Morgan fingerprint density at radius 3 is 2.44 bits per heavy atom. The summed E-state index contributed by atoms with van der Waals surface area (Å²) in [5, 5.41) is 0. The van der Waals surface area contributed by atoms with Crippen LogP contribution in [0.2, 0.25) is 0 Å². The minimum atomic E-state index is -0.344. The predicted molar refractivity (Wildman–Crippen MR) is 98.7 cm³/mol. The molecule has 1 atom stereocenters. The van der Waals surface area contributed by atoms with Crippen LogP contribution in [-0.4, -0.2) is 47.3 Å². The number of nitrogens with zero attached hydrogens (tertiary/aromatic N) is 2. The third kappa shape index (κ3) is 6.48. The molecule has 1 heterocycles. The molecule has 0 aliphatic carbocycles. The highest BCUT2D eigenvalue weighted by molar-refractivity contribution is 5.79. The predicted octanol–water partition coefficient (Wildman–Crippen LogP) is 3.64. The van der Waals surface area contributed by atoms with Crippen LogP contribution in [0.25, 0.3) is 0 Å². The molecule has 5 heteroatoms. The second kappa shape index (κ2) is 10.9. The Morgan fingerprint density at radius 2 is 1.88 bits per heavy atom. The minimum Gasteiger partial charge on any atom is -0.340 e. The van der Waals surface area contributed by atoms with Crippen molar-refractivity contribution in [3.63, 3.8) is 0 Å². The summed E-state index contributed by atoms with van der Waals surface area (Å²) in [5.74, 6) is -0.370. The Morgan fingerprint density at radius 1 is 1.24 bits per heavy atom. The quantitative estimate of drug-likeness (QED) is 0.813. The van der Waals surface area contributed by atoms with Gasteiger partial charge >= 0.3 is 0 Å². The van der Waals surface area contributed by atoms with Gasteiger partial charge in [-0.05, 0) is 24.5 Å². The fraction of sp³-hybridized carbons (Fsp3) is 0.600. The van der Waals surface area contributed by atoms with Crippen molar-refractivity contribution in [2.75, 3.05) is 19.6 Å². The van der Waals surface area contributed by atoms with Crippen LogP contribution in [0.1, 0.15) is 52.5 Å². The Bertz CT molecular complexity index is 562. The number of amides is 2. The molecular weight excluding hydrogens is 319 g/mol. The number of carbonyl (C=O) groups is 2. The number of hydrogen-bond donors (Lipinski definition) is 0. The molecule has 0 spiro atoms. The first kappa shape index (κ1) is 21.1. The Kier molecular flexibility index (Phi) is 9.17. The lowest BCUT2D eigenvalue weighted by atomic mass is 10.1. The van der Waals surface area contributed by atoms with Crippen LogP contribution in [0.3, 0.4) is 0 Å². The molecule has 1 aliphatic rings. The van der Waals surface area contributed by atoms with Crippen molar-refractivity contribution in [2.24, 2.45) is 0 Å². The molecule has 1 fully saturated rings. The number of rotatable bonds is 5. The summed E-state index contributed by atoms with van der Waals surface area (Å²) in [6, 6.07) is 6.44. The standard InChI is InChI=1S/C17H23FN2O2.C3H8/c1-3-9-20(13(2)21)15-8-10-19(12-15)17(22)11-14-6-4-5-7-16(14)18;1-3-2/h4-7,15H,3,8-12H2,1-2H3;3H2,1-2H3. The molecule has 0 aromatic heterocycles. The van der Waals surface area contributed by atoms with E-state index in [4.69, 9.17) is 0 Å². The van der Waals surface area contributed by atoms with Crippen molar-refractivity contribution in [2.45, 2.75) is 59.4 Å². The van der Waals surface area contributed by atoms with Crippen LogP contribution in [-0.2, 0) is 16.0 Å². The third-order valence-electron chi connectivity index (χ3n) is 4.13. The summed E-state index contributed by atoms with van der Waals surface area (Å²) in [7, 11) is 0. The van der Waals surface area contributed by atoms with Gasteiger partial charge in [-0.25, -0.2) is 4.39 Å². The van der Waals surface area contributed by atoms with E-state index in [2.05, 4.69) is 13.8 Å². The van der Waals surface area contributed by atoms with Crippen LogP contribution in [0.15, 0.2) is 24.3 Å². The van der Waals surface area contributed by atoms with Crippen LogP contribution in [0.4, 0.5) is 4.39 Å². The van der Waals surface area contributed by atoms with E-state index in [-0.39, 0.29) is 30.1 Å². The van der Waals surface area contributed by atoms with Crippen LogP contribution in [0.5, 0.6) is 0 Å². The van der Waals surface area contributed by atoms with Crippen LogP contribution < -0.4 is 0 Å². The lowest BCUT2D eigenvalue weighted by molar-refractivity contribution is -0.133. The van der Waals surface area contributed by atoms with Gasteiger partial charge in [-0.15, -0.1) is 0 Å². The number of benzene rings is 1. The normalized spacial score (nSPS) is 16.2. The van der Waals surface area contributed by atoms with Crippen molar-refractivity contribution < 1.29 is 14.0 Å². The molecule has 140 valence electrons. The molecule has 4 nitrogen and oxygen atoms in total. The van der Waals surface area contributed by atoms with Gasteiger partial charge in [0, 0.05) is 26.6 Å². The Balaban J connectivity index is 0.000000970. The van der Waals surface area contributed by atoms with E-state index in [9.17, 15) is 14.0 Å². The first-order chi connectivity index (χ1) is 11.9. The zero-order chi connectivity index (χ0) is 18.8. The molecule has 1 aliphatic heterocycles. The average Bonchev–Trinajstić information content (AvgIpc) is 3.05. The molecule has 0 radical (unpaired) electrons. The maximum Gasteiger partial charge on any atom is 0.227 e. The first-order valence-electron chi connectivity index (χ1n) is 9.22. The van der Waals surface area contributed by atoms with E-state index in [0.29, 0.717) is 18.7 Å². The Labute approximate surface area is 151 Å². The molecule has 1 aromatic rings. The van der Waals surface area contributed by atoms with Gasteiger partial charge in [0.05, 0.1) is 12.5 Å². The number of carbonyl (C=O) groups excluding carboxylic acids is 2. The van der Waals surface area contributed by atoms with E-state index < -0.39 is 0 Å². The highest BCUT2D eigenvalue weighted by Crippen LogP contribution is 2.18. The molecule has 2 amide bonds. The van der Waals surface area contributed by atoms with E-state index in [0.717, 1.165) is 19.4 Å². The van der Waals surface area contributed by atoms with Gasteiger partial charge in [-0.2, -0.15) is 0 Å². The molecule has 0 bridgehead atoms. The second-order valence-corrected chi connectivity index (χ2v) is 6.47. The SMILES string of the molecule is CCC.CCCN(C(C)=O)C1CCN(C(=O)Cc2ccccc2F)C1. The zero-order valence-corrected chi connectivity index (χ0v) is 15.9. The van der Waals surface area contributed by atoms with Gasteiger partial charge in [0.2, 0.25) is 11.8 Å². The fourth-order valence-electron chi connectivity index (χ4n) is 2.98. The third-order valence-corrected chi connectivity index (χ3v) is 4.13. The molecule has 1 saturated heterocycles. The van der Waals surface area contributed by atoms with E-state index in [1.807, 2.05) is 11.8 Å². The average molecular weight is 350 g/mol. The van der Waals surface area contributed by atoms with E-state index >= 15 is 0 Å². The number of halogens is 1. The van der Waals surface area contributed by atoms with Crippen molar-refractivity contribution in [3.8, 4) is 0 Å². The lowest BCUT2D eigenvalue weighted by Crippen LogP contribution is -2.42. The van der Waals surface area contributed by atoms with Gasteiger partial charge in [-0.1, -0.05) is 45.4 Å². The van der Waals surface area contributed by atoms with Crippen molar-refractivity contribution in [3.05, 3.63) is 35.6 Å². The maximum atomic E-state index is 13.6. The van der Waals surface area contributed by atoms with Crippen molar-refractivity contribution >= 4 is 11.8 Å². The summed E-state index contributed by atoms with van der Waals surface area (Å²) in [6.45, 7) is 9.75. The van der Waals surface area contributed by atoms with Gasteiger partial charge in [0.25, 0.3) is 0 Å². The highest BCUT2D eigenvalue weighted by atomic mass is 19.1. The number of likely N-dealkylation sites (tertiary alicyclic amines) is 1. The highest BCUT2D eigenvalue weighted by Gasteiger charge is 2.31. The lowest BCUT2D eigenvalue weighted by Gasteiger charge is -2.27. The minimum absolute atomic E-state index is 0.0512. The molecule has 0 saturated carbocycles. The Hall–Kier alpha value is -1.91. The second-order valence-electron chi connectivity index (χ2n) is 6.47. The summed E-state index contributed by atoms with van der Waals surface area (Å²) >= 11 is 0. The van der Waals surface area contributed by atoms with Gasteiger partial charge in [0.15, 0.2) is 0 Å².